The predicted octanol–water partition coefficient (Wildman–Crippen LogP) is 0.0389. The van der Waals surface area contributed by atoms with Crippen LogP contribution in [0.4, 0.5) is 11.4 Å². The summed E-state index contributed by atoms with van der Waals surface area (Å²) in [5.74, 6) is -1.81. The van der Waals surface area contributed by atoms with Crippen molar-refractivity contribution in [3.63, 3.8) is 0 Å². The van der Waals surface area contributed by atoms with Gasteiger partial charge in [0.05, 0.1) is 24.3 Å². The standard InChI is InChI=1S/C12H15N3O6/c1-7(6-16)13-11(17)12(18)14-9-5-8(15(19)20)3-4-10(9)21-2/h3-5,7,16H,6H2,1-2H3,(H,13,17)(H,14,18). The largest absolute Gasteiger partial charge is 0.495 e. The quantitative estimate of drug-likeness (QED) is 0.399. The van der Waals surface area contributed by atoms with Gasteiger partial charge in [-0.1, -0.05) is 0 Å². The number of aliphatic hydroxyl groups is 1. The van der Waals surface area contributed by atoms with Gasteiger partial charge in [-0.15, -0.1) is 0 Å². The van der Waals surface area contributed by atoms with Crippen molar-refractivity contribution >= 4 is 23.2 Å². The van der Waals surface area contributed by atoms with Crippen molar-refractivity contribution in [2.75, 3.05) is 19.0 Å². The molecule has 0 aliphatic rings. The summed E-state index contributed by atoms with van der Waals surface area (Å²) in [6.45, 7) is 1.19. The predicted molar refractivity (Wildman–Crippen MR) is 73.0 cm³/mol. The van der Waals surface area contributed by atoms with E-state index >= 15 is 0 Å². The molecule has 0 bridgehead atoms. The Morgan fingerprint density at radius 3 is 2.62 bits per heavy atom. The summed E-state index contributed by atoms with van der Waals surface area (Å²) in [5, 5.41) is 24.0. The molecule has 1 atom stereocenters. The van der Waals surface area contributed by atoms with Crippen LogP contribution in [0.5, 0.6) is 5.75 Å². The lowest BCUT2D eigenvalue weighted by Gasteiger charge is -2.12. The summed E-state index contributed by atoms with van der Waals surface area (Å²) in [6.07, 6.45) is 0. The average molecular weight is 297 g/mol. The Balaban J connectivity index is 2.90. The minimum absolute atomic E-state index is 0.00324. The number of carbonyl (C=O) groups excluding carboxylic acids is 2. The first-order valence-electron chi connectivity index (χ1n) is 5.94. The molecule has 9 nitrogen and oxygen atoms in total. The second kappa shape index (κ2) is 7.20. The fourth-order valence-electron chi connectivity index (χ4n) is 1.42. The van der Waals surface area contributed by atoms with E-state index in [0.29, 0.717) is 0 Å². The summed E-state index contributed by atoms with van der Waals surface area (Å²) in [4.78, 5) is 33.3. The van der Waals surface area contributed by atoms with E-state index in [1.807, 2.05) is 0 Å². The van der Waals surface area contributed by atoms with Gasteiger partial charge in [-0.3, -0.25) is 19.7 Å². The van der Waals surface area contributed by atoms with Crippen molar-refractivity contribution in [3.8, 4) is 5.75 Å². The van der Waals surface area contributed by atoms with E-state index in [2.05, 4.69) is 10.6 Å². The number of amides is 2. The third-order valence-electron chi connectivity index (χ3n) is 2.50. The molecule has 114 valence electrons. The van der Waals surface area contributed by atoms with Gasteiger partial charge in [-0.2, -0.15) is 0 Å². The molecule has 0 aliphatic carbocycles. The number of carbonyl (C=O) groups is 2. The maximum Gasteiger partial charge on any atom is 0.313 e. The highest BCUT2D eigenvalue weighted by molar-refractivity contribution is 6.39. The van der Waals surface area contributed by atoms with E-state index in [1.165, 1.54) is 26.2 Å². The number of ether oxygens (including phenoxy) is 1. The van der Waals surface area contributed by atoms with Crippen LogP contribution in [0.15, 0.2) is 18.2 Å². The summed E-state index contributed by atoms with van der Waals surface area (Å²) in [5.41, 5.74) is -0.251. The molecule has 0 fully saturated rings. The summed E-state index contributed by atoms with van der Waals surface area (Å²) in [7, 11) is 1.32. The Morgan fingerprint density at radius 1 is 1.43 bits per heavy atom. The van der Waals surface area contributed by atoms with Crippen LogP contribution in [0.25, 0.3) is 0 Å². The molecule has 9 heteroatoms. The van der Waals surface area contributed by atoms with Crippen LogP contribution in [-0.2, 0) is 9.59 Å². The van der Waals surface area contributed by atoms with E-state index in [4.69, 9.17) is 9.84 Å². The smallest absolute Gasteiger partial charge is 0.313 e. The number of aliphatic hydroxyl groups excluding tert-OH is 1. The van der Waals surface area contributed by atoms with Crippen LogP contribution >= 0.6 is 0 Å². The summed E-state index contributed by atoms with van der Waals surface area (Å²) >= 11 is 0. The maximum atomic E-state index is 11.7. The van der Waals surface area contributed by atoms with Gasteiger partial charge in [-0.05, 0) is 13.0 Å². The van der Waals surface area contributed by atoms with Crippen LogP contribution in [-0.4, -0.2) is 41.6 Å². The van der Waals surface area contributed by atoms with Crippen LogP contribution in [0.2, 0.25) is 0 Å². The molecular weight excluding hydrogens is 282 g/mol. The number of nitrogens with zero attached hydrogens (tertiary/aromatic N) is 1. The van der Waals surface area contributed by atoms with E-state index < -0.39 is 22.8 Å². The molecule has 0 saturated carbocycles. The Bertz CT molecular complexity index is 560. The molecule has 1 rings (SSSR count). The fourth-order valence-corrected chi connectivity index (χ4v) is 1.42. The van der Waals surface area contributed by atoms with Gasteiger partial charge in [0.15, 0.2) is 0 Å². The third-order valence-corrected chi connectivity index (χ3v) is 2.50. The average Bonchev–Trinajstić information content (AvgIpc) is 2.46. The van der Waals surface area contributed by atoms with Crippen LogP contribution < -0.4 is 15.4 Å². The third kappa shape index (κ3) is 4.42. The van der Waals surface area contributed by atoms with Gasteiger partial charge < -0.3 is 20.5 Å². The van der Waals surface area contributed by atoms with Gasteiger partial charge in [-0.25, -0.2) is 0 Å². The highest BCUT2D eigenvalue weighted by Gasteiger charge is 2.19. The molecule has 0 aromatic heterocycles. The van der Waals surface area contributed by atoms with Crippen molar-refractivity contribution in [2.45, 2.75) is 13.0 Å². The SMILES string of the molecule is COc1ccc([N+](=O)[O-])cc1NC(=O)C(=O)NC(C)CO. The zero-order valence-electron chi connectivity index (χ0n) is 11.5. The second-order valence-electron chi connectivity index (χ2n) is 4.15. The van der Waals surface area contributed by atoms with Crippen molar-refractivity contribution in [1.82, 2.24) is 5.32 Å². The Morgan fingerprint density at radius 2 is 2.10 bits per heavy atom. The van der Waals surface area contributed by atoms with E-state index in [0.717, 1.165) is 6.07 Å². The molecule has 0 heterocycles. The number of non-ortho nitro benzene ring substituents is 1. The molecule has 1 unspecified atom stereocenters. The number of nitro benzene ring substituents is 1. The lowest BCUT2D eigenvalue weighted by molar-refractivity contribution is -0.384. The van der Waals surface area contributed by atoms with Crippen LogP contribution in [0.1, 0.15) is 6.92 Å². The van der Waals surface area contributed by atoms with Gasteiger partial charge in [0.1, 0.15) is 5.75 Å². The van der Waals surface area contributed by atoms with E-state index in [9.17, 15) is 19.7 Å². The lowest BCUT2D eigenvalue weighted by Crippen LogP contribution is -2.42. The van der Waals surface area contributed by atoms with E-state index in [1.54, 1.807) is 0 Å². The van der Waals surface area contributed by atoms with Gasteiger partial charge in [0.2, 0.25) is 0 Å². The fraction of sp³-hybridized carbons (Fsp3) is 0.333. The molecule has 21 heavy (non-hydrogen) atoms. The van der Waals surface area contributed by atoms with Gasteiger partial charge >= 0.3 is 11.8 Å². The first-order valence-corrected chi connectivity index (χ1v) is 5.94. The Kier molecular flexibility index (Phi) is 5.61. The van der Waals surface area contributed by atoms with Crippen LogP contribution in [0, 0.1) is 10.1 Å². The maximum absolute atomic E-state index is 11.7. The zero-order valence-corrected chi connectivity index (χ0v) is 11.5. The number of rotatable bonds is 5. The topological polar surface area (TPSA) is 131 Å². The number of anilines is 1. The highest BCUT2D eigenvalue weighted by atomic mass is 16.6. The first-order chi connectivity index (χ1) is 9.88. The number of benzene rings is 1. The molecule has 0 aliphatic heterocycles. The van der Waals surface area contributed by atoms with Crippen molar-refractivity contribution in [2.24, 2.45) is 0 Å². The molecule has 0 spiro atoms. The lowest BCUT2D eigenvalue weighted by atomic mass is 10.2. The first kappa shape index (κ1) is 16.4. The molecule has 1 aromatic rings. The number of nitro groups is 1. The molecule has 1 aromatic carbocycles. The molecule has 3 N–H and O–H groups in total. The molecule has 0 saturated heterocycles. The molecular formula is C12H15N3O6. The number of methoxy groups -OCH3 is 1. The minimum atomic E-state index is -1.02. The number of nitrogens with one attached hydrogen (secondary N) is 2. The van der Waals surface area contributed by atoms with Gasteiger partial charge in [0.25, 0.3) is 5.69 Å². The Hall–Kier alpha value is -2.68. The van der Waals surface area contributed by atoms with Crippen molar-refractivity contribution < 1.29 is 24.4 Å². The number of hydrogen-bond donors (Lipinski definition) is 3. The number of hydrogen-bond acceptors (Lipinski definition) is 6. The zero-order chi connectivity index (χ0) is 16.0. The Labute approximate surface area is 120 Å². The summed E-state index contributed by atoms with van der Waals surface area (Å²) < 4.78 is 4.95. The van der Waals surface area contributed by atoms with Gasteiger partial charge in [0, 0.05) is 18.2 Å². The second-order valence-corrected chi connectivity index (χ2v) is 4.15. The minimum Gasteiger partial charge on any atom is -0.495 e. The van der Waals surface area contributed by atoms with E-state index in [-0.39, 0.29) is 23.7 Å². The van der Waals surface area contributed by atoms with Crippen LogP contribution in [0.3, 0.4) is 0 Å². The summed E-state index contributed by atoms with van der Waals surface area (Å²) in [6, 6.07) is 3.01. The van der Waals surface area contributed by atoms with Crippen molar-refractivity contribution in [1.29, 1.82) is 0 Å². The highest BCUT2D eigenvalue weighted by Crippen LogP contribution is 2.28. The normalized spacial score (nSPS) is 11.4. The molecule has 0 radical (unpaired) electrons. The van der Waals surface area contributed by atoms with Crippen molar-refractivity contribution in [3.05, 3.63) is 28.3 Å². The molecule has 2 amide bonds. The monoisotopic (exact) mass is 297 g/mol.